The SMILES string of the molecule is COCC(=O)Nc1cn[nH]c1[C@@H]1CCCN(c2nc(C(F)(F)F)cs2)C1. The fourth-order valence-electron chi connectivity index (χ4n) is 2.95. The van der Waals surface area contributed by atoms with Gasteiger partial charge in [-0.3, -0.25) is 9.89 Å². The molecule has 1 atom stereocenters. The first-order valence-electron chi connectivity index (χ1n) is 7.98. The number of hydrogen-bond donors (Lipinski definition) is 2. The second-order valence-corrected chi connectivity index (χ2v) is 6.81. The van der Waals surface area contributed by atoms with E-state index in [1.54, 1.807) is 0 Å². The number of halogens is 3. The minimum atomic E-state index is -4.44. The molecule has 3 rings (SSSR count). The van der Waals surface area contributed by atoms with Crippen molar-refractivity contribution in [3.05, 3.63) is 23.0 Å². The molecule has 1 aliphatic rings. The zero-order valence-corrected chi connectivity index (χ0v) is 14.8. The van der Waals surface area contributed by atoms with Crippen LogP contribution in [0.4, 0.5) is 24.0 Å². The van der Waals surface area contributed by atoms with E-state index >= 15 is 0 Å². The Bertz CT molecular complexity index is 761. The molecule has 2 aromatic heterocycles. The van der Waals surface area contributed by atoms with Crippen molar-refractivity contribution in [2.24, 2.45) is 0 Å². The van der Waals surface area contributed by atoms with E-state index in [4.69, 9.17) is 4.74 Å². The Morgan fingerprint density at radius 1 is 1.54 bits per heavy atom. The molecule has 2 N–H and O–H groups in total. The quantitative estimate of drug-likeness (QED) is 0.822. The van der Waals surface area contributed by atoms with Crippen molar-refractivity contribution in [1.29, 1.82) is 0 Å². The van der Waals surface area contributed by atoms with Crippen molar-refractivity contribution in [1.82, 2.24) is 15.2 Å². The van der Waals surface area contributed by atoms with Gasteiger partial charge in [0.2, 0.25) is 5.91 Å². The van der Waals surface area contributed by atoms with Crippen molar-refractivity contribution >= 4 is 28.1 Å². The number of aromatic amines is 1. The van der Waals surface area contributed by atoms with Crippen molar-refractivity contribution in [3.63, 3.8) is 0 Å². The molecule has 0 saturated carbocycles. The molecule has 1 saturated heterocycles. The number of H-pyrrole nitrogens is 1. The highest BCUT2D eigenvalue weighted by Crippen LogP contribution is 2.36. The Kier molecular flexibility index (Phi) is 5.47. The number of carbonyl (C=O) groups is 1. The van der Waals surface area contributed by atoms with Crippen LogP contribution in [0.3, 0.4) is 0 Å². The molecule has 1 aliphatic heterocycles. The monoisotopic (exact) mass is 389 g/mol. The van der Waals surface area contributed by atoms with Crippen LogP contribution in [0.15, 0.2) is 11.6 Å². The van der Waals surface area contributed by atoms with Crippen LogP contribution in [0.25, 0.3) is 0 Å². The van der Waals surface area contributed by atoms with Gasteiger partial charge in [0.05, 0.1) is 17.6 Å². The van der Waals surface area contributed by atoms with Crippen LogP contribution in [-0.4, -0.2) is 47.9 Å². The molecule has 0 bridgehead atoms. The number of hydrogen-bond acceptors (Lipinski definition) is 6. The van der Waals surface area contributed by atoms with Gasteiger partial charge < -0.3 is 15.0 Å². The number of carbonyl (C=O) groups excluding carboxylic acids is 1. The van der Waals surface area contributed by atoms with Gasteiger partial charge in [-0.1, -0.05) is 0 Å². The van der Waals surface area contributed by atoms with Gasteiger partial charge in [0.1, 0.15) is 6.61 Å². The number of ether oxygens (including phenoxy) is 1. The molecule has 0 spiro atoms. The molecular formula is C15H18F3N5O2S. The van der Waals surface area contributed by atoms with Crippen LogP contribution in [0.2, 0.25) is 0 Å². The predicted octanol–water partition coefficient (Wildman–Crippen LogP) is 2.85. The van der Waals surface area contributed by atoms with E-state index in [9.17, 15) is 18.0 Å². The standard InChI is InChI=1S/C15H18F3N5O2S/c1-25-7-12(24)20-10-5-19-22-13(10)9-3-2-4-23(6-9)14-21-11(8-26-14)15(16,17)18/h5,8-9H,2-4,6-7H2,1H3,(H,19,22)(H,20,24)/t9-/m1/s1. The highest BCUT2D eigenvalue weighted by molar-refractivity contribution is 7.13. The Labute approximate surface area is 151 Å². The summed E-state index contributed by atoms with van der Waals surface area (Å²) in [5, 5.41) is 11.0. The lowest BCUT2D eigenvalue weighted by atomic mass is 9.94. The van der Waals surface area contributed by atoms with Gasteiger partial charge in [0.15, 0.2) is 10.8 Å². The lowest BCUT2D eigenvalue weighted by Gasteiger charge is -2.32. The highest BCUT2D eigenvalue weighted by atomic mass is 32.1. The maximum absolute atomic E-state index is 12.8. The first-order chi connectivity index (χ1) is 12.4. The van der Waals surface area contributed by atoms with Crippen LogP contribution >= 0.6 is 11.3 Å². The summed E-state index contributed by atoms with van der Waals surface area (Å²) in [6.07, 6.45) is -1.28. The van der Waals surface area contributed by atoms with E-state index in [2.05, 4.69) is 20.5 Å². The zero-order valence-electron chi connectivity index (χ0n) is 14.0. The molecule has 1 fully saturated rings. The molecule has 0 unspecified atom stereocenters. The first-order valence-corrected chi connectivity index (χ1v) is 8.86. The topological polar surface area (TPSA) is 83.1 Å². The number of rotatable bonds is 5. The van der Waals surface area contributed by atoms with E-state index in [-0.39, 0.29) is 18.4 Å². The maximum Gasteiger partial charge on any atom is 0.434 e. The van der Waals surface area contributed by atoms with Crippen molar-refractivity contribution < 1.29 is 22.7 Å². The number of piperidine rings is 1. The number of thiazole rings is 1. The summed E-state index contributed by atoms with van der Waals surface area (Å²) >= 11 is 0.986. The molecule has 0 aliphatic carbocycles. The van der Waals surface area contributed by atoms with E-state index in [1.165, 1.54) is 13.3 Å². The van der Waals surface area contributed by atoms with Crippen LogP contribution in [0.1, 0.15) is 30.1 Å². The summed E-state index contributed by atoms with van der Waals surface area (Å²) in [4.78, 5) is 17.3. The number of nitrogens with one attached hydrogen (secondary N) is 2. The molecular weight excluding hydrogens is 371 g/mol. The second kappa shape index (κ2) is 7.62. The van der Waals surface area contributed by atoms with Crippen molar-refractivity contribution in [3.8, 4) is 0 Å². The number of amides is 1. The largest absolute Gasteiger partial charge is 0.434 e. The van der Waals surface area contributed by atoms with Crippen LogP contribution in [0.5, 0.6) is 0 Å². The summed E-state index contributed by atoms with van der Waals surface area (Å²) in [7, 11) is 1.43. The average Bonchev–Trinajstić information content (AvgIpc) is 3.24. The number of anilines is 2. The number of methoxy groups -OCH3 is 1. The van der Waals surface area contributed by atoms with Gasteiger partial charge >= 0.3 is 6.18 Å². The Balaban J connectivity index is 1.72. The summed E-state index contributed by atoms with van der Waals surface area (Å²) < 4.78 is 43.1. The Morgan fingerprint density at radius 3 is 3.04 bits per heavy atom. The lowest BCUT2D eigenvalue weighted by Crippen LogP contribution is -2.35. The van der Waals surface area contributed by atoms with Crippen molar-refractivity contribution in [2.75, 3.05) is 37.0 Å². The molecule has 2 aromatic rings. The minimum Gasteiger partial charge on any atom is -0.375 e. The van der Waals surface area contributed by atoms with Crippen molar-refractivity contribution in [2.45, 2.75) is 24.9 Å². The average molecular weight is 389 g/mol. The zero-order chi connectivity index (χ0) is 18.7. The van der Waals surface area contributed by atoms with Crippen LogP contribution in [-0.2, 0) is 15.7 Å². The molecule has 11 heteroatoms. The third kappa shape index (κ3) is 4.15. The van der Waals surface area contributed by atoms with E-state index < -0.39 is 11.9 Å². The predicted molar refractivity (Wildman–Crippen MR) is 90.4 cm³/mol. The molecule has 3 heterocycles. The second-order valence-electron chi connectivity index (χ2n) is 5.98. The highest BCUT2D eigenvalue weighted by Gasteiger charge is 2.35. The maximum atomic E-state index is 12.8. The summed E-state index contributed by atoms with van der Waals surface area (Å²) in [6.45, 7) is 1.07. The summed E-state index contributed by atoms with van der Waals surface area (Å²) in [6, 6.07) is 0. The first kappa shape index (κ1) is 18.6. The van der Waals surface area contributed by atoms with E-state index in [1.807, 2.05) is 4.90 Å². The fraction of sp³-hybridized carbons (Fsp3) is 0.533. The van der Waals surface area contributed by atoms with E-state index in [0.717, 1.165) is 35.3 Å². The van der Waals surface area contributed by atoms with Crippen LogP contribution < -0.4 is 10.2 Å². The van der Waals surface area contributed by atoms with Gasteiger partial charge in [0, 0.05) is 31.5 Å². The third-order valence-electron chi connectivity index (χ3n) is 4.10. The lowest BCUT2D eigenvalue weighted by molar-refractivity contribution is -0.140. The molecule has 142 valence electrons. The fourth-order valence-corrected chi connectivity index (χ4v) is 3.82. The number of aromatic nitrogens is 3. The van der Waals surface area contributed by atoms with Gasteiger partial charge in [0.25, 0.3) is 0 Å². The van der Waals surface area contributed by atoms with Crippen LogP contribution in [0, 0.1) is 0 Å². The van der Waals surface area contributed by atoms with Gasteiger partial charge in [-0.25, -0.2) is 4.98 Å². The minimum absolute atomic E-state index is 0.00216. The molecule has 7 nitrogen and oxygen atoms in total. The van der Waals surface area contributed by atoms with Gasteiger partial charge in [-0.05, 0) is 12.8 Å². The Morgan fingerprint density at radius 2 is 2.35 bits per heavy atom. The normalized spacial score (nSPS) is 18.2. The number of alkyl halides is 3. The smallest absolute Gasteiger partial charge is 0.375 e. The molecule has 0 aromatic carbocycles. The molecule has 1 amide bonds. The summed E-state index contributed by atoms with van der Waals surface area (Å²) in [5.74, 6) is -0.292. The van der Waals surface area contributed by atoms with Gasteiger partial charge in [-0.15, -0.1) is 11.3 Å². The number of nitrogens with zero attached hydrogens (tertiary/aromatic N) is 3. The molecule has 0 radical (unpaired) electrons. The van der Waals surface area contributed by atoms with Gasteiger partial charge in [-0.2, -0.15) is 18.3 Å². The molecule has 26 heavy (non-hydrogen) atoms. The summed E-state index contributed by atoms with van der Waals surface area (Å²) in [5.41, 5.74) is 0.453. The third-order valence-corrected chi connectivity index (χ3v) is 5.00. The van der Waals surface area contributed by atoms with E-state index in [0.29, 0.717) is 23.9 Å². The Hall–Kier alpha value is -2.14.